The SMILES string of the molecule is CNc1snc(C)c1-c1nc(-c2ccccc2F)no1. The number of hydrogen-bond donors (Lipinski definition) is 1. The van der Waals surface area contributed by atoms with Crippen LogP contribution in [0.5, 0.6) is 0 Å². The summed E-state index contributed by atoms with van der Waals surface area (Å²) in [6.07, 6.45) is 0. The van der Waals surface area contributed by atoms with Gasteiger partial charge < -0.3 is 9.84 Å². The second-order valence-electron chi connectivity index (χ2n) is 4.13. The maximum absolute atomic E-state index is 13.7. The van der Waals surface area contributed by atoms with E-state index in [1.807, 2.05) is 6.92 Å². The Bertz CT molecular complexity index is 752. The van der Waals surface area contributed by atoms with Gasteiger partial charge in [0.15, 0.2) is 0 Å². The van der Waals surface area contributed by atoms with Crippen molar-refractivity contribution >= 4 is 16.5 Å². The summed E-state index contributed by atoms with van der Waals surface area (Å²) in [7, 11) is 1.80. The molecule has 0 bridgehead atoms. The number of aryl methyl sites for hydroxylation is 1. The first kappa shape index (κ1) is 12.7. The molecule has 2 heterocycles. The molecule has 1 aromatic carbocycles. The first-order valence-electron chi connectivity index (χ1n) is 5.93. The molecule has 7 heteroatoms. The zero-order valence-corrected chi connectivity index (χ0v) is 11.7. The van der Waals surface area contributed by atoms with Crippen LogP contribution in [0.25, 0.3) is 22.8 Å². The van der Waals surface area contributed by atoms with E-state index in [9.17, 15) is 4.39 Å². The maximum atomic E-state index is 13.7. The van der Waals surface area contributed by atoms with Crippen LogP contribution in [0.1, 0.15) is 5.69 Å². The van der Waals surface area contributed by atoms with Gasteiger partial charge in [-0.05, 0) is 30.6 Å². The second kappa shape index (κ2) is 5.01. The molecule has 3 aromatic rings. The zero-order valence-electron chi connectivity index (χ0n) is 10.8. The summed E-state index contributed by atoms with van der Waals surface area (Å²) in [5.74, 6) is 0.179. The average molecular weight is 290 g/mol. The van der Waals surface area contributed by atoms with Crippen LogP contribution in [0.4, 0.5) is 9.39 Å². The third kappa shape index (κ3) is 2.05. The quantitative estimate of drug-likeness (QED) is 0.801. The minimum Gasteiger partial charge on any atom is -0.378 e. The summed E-state index contributed by atoms with van der Waals surface area (Å²) in [5.41, 5.74) is 1.87. The number of anilines is 1. The van der Waals surface area contributed by atoms with Crippen molar-refractivity contribution in [2.45, 2.75) is 6.92 Å². The molecule has 0 atom stereocenters. The summed E-state index contributed by atoms with van der Waals surface area (Å²) < 4.78 is 23.2. The van der Waals surface area contributed by atoms with Gasteiger partial charge in [0.2, 0.25) is 5.82 Å². The lowest BCUT2D eigenvalue weighted by Crippen LogP contribution is -1.89. The number of nitrogens with one attached hydrogen (secondary N) is 1. The van der Waals surface area contributed by atoms with Gasteiger partial charge in [0.05, 0.1) is 16.8 Å². The summed E-state index contributed by atoms with van der Waals surface area (Å²) in [4.78, 5) is 4.26. The predicted molar refractivity (Wildman–Crippen MR) is 75.1 cm³/mol. The highest BCUT2D eigenvalue weighted by molar-refractivity contribution is 7.10. The van der Waals surface area contributed by atoms with Gasteiger partial charge in [-0.1, -0.05) is 17.3 Å². The molecule has 0 fully saturated rings. The van der Waals surface area contributed by atoms with E-state index in [-0.39, 0.29) is 11.6 Å². The van der Waals surface area contributed by atoms with E-state index in [0.29, 0.717) is 11.5 Å². The Hall–Kier alpha value is -2.28. The van der Waals surface area contributed by atoms with Crippen molar-refractivity contribution in [1.82, 2.24) is 14.5 Å². The monoisotopic (exact) mass is 290 g/mol. The minimum atomic E-state index is -0.381. The minimum absolute atomic E-state index is 0.228. The number of nitrogens with zero attached hydrogens (tertiary/aromatic N) is 3. The van der Waals surface area contributed by atoms with Crippen LogP contribution in [0, 0.1) is 12.7 Å². The van der Waals surface area contributed by atoms with E-state index in [2.05, 4.69) is 19.8 Å². The van der Waals surface area contributed by atoms with Crippen LogP contribution < -0.4 is 5.32 Å². The highest BCUT2D eigenvalue weighted by Crippen LogP contribution is 2.34. The third-order valence-corrected chi connectivity index (χ3v) is 3.80. The maximum Gasteiger partial charge on any atom is 0.263 e. The van der Waals surface area contributed by atoms with Crippen molar-refractivity contribution < 1.29 is 8.91 Å². The van der Waals surface area contributed by atoms with Crippen molar-refractivity contribution in [1.29, 1.82) is 0 Å². The number of benzene rings is 1. The lowest BCUT2D eigenvalue weighted by atomic mass is 10.2. The molecule has 3 rings (SSSR count). The molecule has 0 spiro atoms. The van der Waals surface area contributed by atoms with E-state index >= 15 is 0 Å². The van der Waals surface area contributed by atoms with E-state index < -0.39 is 0 Å². The summed E-state index contributed by atoms with van der Waals surface area (Å²) in [6.45, 7) is 1.86. The summed E-state index contributed by atoms with van der Waals surface area (Å²) in [6, 6.07) is 6.32. The van der Waals surface area contributed by atoms with Gasteiger partial charge >= 0.3 is 0 Å². The van der Waals surface area contributed by atoms with Crippen LogP contribution >= 0.6 is 11.5 Å². The topological polar surface area (TPSA) is 63.8 Å². The fourth-order valence-corrected chi connectivity index (χ4v) is 2.61. The average Bonchev–Trinajstić information content (AvgIpc) is 3.05. The van der Waals surface area contributed by atoms with Gasteiger partial charge in [-0.3, -0.25) is 0 Å². The first-order chi connectivity index (χ1) is 9.70. The zero-order chi connectivity index (χ0) is 14.1. The molecule has 0 aliphatic carbocycles. The Balaban J connectivity index is 2.07. The summed E-state index contributed by atoms with van der Waals surface area (Å²) >= 11 is 1.32. The highest BCUT2D eigenvalue weighted by atomic mass is 32.1. The van der Waals surface area contributed by atoms with Gasteiger partial charge in [0.25, 0.3) is 5.89 Å². The predicted octanol–water partition coefficient (Wildman–Crippen LogP) is 3.35. The largest absolute Gasteiger partial charge is 0.378 e. The van der Waals surface area contributed by atoms with Crippen LogP contribution in [-0.4, -0.2) is 21.6 Å². The van der Waals surface area contributed by atoms with Gasteiger partial charge in [0.1, 0.15) is 10.8 Å². The Kier molecular flexibility index (Phi) is 3.19. The molecule has 0 saturated heterocycles. The van der Waals surface area contributed by atoms with E-state index in [1.54, 1.807) is 25.2 Å². The number of halogens is 1. The van der Waals surface area contributed by atoms with E-state index in [1.165, 1.54) is 17.6 Å². The molecule has 0 aliphatic rings. The molecule has 102 valence electrons. The second-order valence-corrected chi connectivity index (χ2v) is 4.90. The molecule has 20 heavy (non-hydrogen) atoms. The van der Waals surface area contributed by atoms with Gasteiger partial charge in [-0.25, -0.2) is 4.39 Å². The highest BCUT2D eigenvalue weighted by Gasteiger charge is 2.20. The number of rotatable bonds is 3. The third-order valence-electron chi connectivity index (χ3n) is 2.84. The molecular formula is C13H11FN4OS. The Morgan fingerprint density at radius 1 is 1.30 bits per heavy atom. The first-order valence-corrected chi connectivity index (χ1v) is 6.71. The fourth-order valence-electron chi connectivity index (χ4n) is 1.87. The number of aromatic nitrogens is 3. The Labute approximate surface area is 118 Å². The molecule has 0 unspecified atom stereocenters. The molecule has 0 radical (unpaired) electrons. The molecule has 0 aliphatic heterocycles. The molecule has 1 N–H and O–H groups in total. The van der Waals surface area contributed by atoms with Crippen LogP contribution in [-0.2, 0) is 0 Å². The van der Waals surface area contributed by atoms with Crippen molar-refractivity contribution in [3.8, 4) is 22.8 Å². The van der Waals surface area contributed by atoms with Gasteiger partial charge in [0, 0.05) is 7.05 Å². The number of hydrogen-bond acceptors (Lipinski definition) is 6. The van der Waals surface area contributed by atoms with E-state index in [4.69, 9.17) is 4.52 Å². The van der Waals surface area contributed by atoms with E-state index in [0.717, 1.165) is 16.3 Å². The van der Waals surface area contributed by atoms with Crippen molar-refractivity contribution in [3.05, 3.63) is 35.8 Å². The normalized spacial score (nSPS) is 10.8. The van der Waals surface area contributed by atoms with Crippen molar-refractivity contribution in [2.24, 2.45) is 0 Å². The smallest absolute Gasteiger partial charge is 0.263 e. The fraction of sp³-hybridized carbons (Fsp3) is 0.154. The van der Waals surface area contributed by atoms with Crippen LogP contribution in [0.3, 0.4) is 0 Å². The Morgan fingerprint density at radius 3 is 2.85 bits per heavy atom. The van der Waals surface area contributed by atoms with Crippen LogP contribution in [0.15, 0.2) is 28.8 Å². The van der Waals surface area contributed by atoms with Crippen molar-refractivity contribution in [2.75, 3.05) is 12.4 Å². The molecule has 0 amide bonds. The molecular weight excluding hydrogens is 279 g/mol. The van der Waals surface area contributed by atoms with Crippen LogP contribution in [0.2, 0.25) is 0 Å². The molecule has 5 nitrogen and oxygen atoms in total. The van der Waals surface area contributed by atoms with Gasteiger partial charge in [-0.15, -0.1) is 0 Å². The molecule has 2 aromatic heterocycles. The Morgan fingerprint density at radius 2 is 2.10 bits per heavy atom. The van der Waals surface area contributed by atoms with Gasteiger partial charge in [-0.2, -0.15) is 9.36 Å². The molecule has 0 saturated carbocycles. The lowest BCUT2D eigenvalue weighted by Gasteiger charge is -1.97. The standard InChI is InChI=1S/C13H11FN4OS/c1-7-10(13(15-2)20-18-7)12-16-11(17-19-12)8-5-3-4-6-9(8)14/h3-6,15H,1-2H3. The summed E-state index contributed by atoms with van der Waals surface area (Å²) in [5, 5.41) is 7.71. The lowest BCUT2D eigenvalue weighted by molar-refractivity contribution is 0.432. The van der Waals surface area contributed by atoms with Crippen molar-refractivity contribution in [3.63, 3.8) is 0 Å².